The van der Waals surface area contributed by atoms with Crippen molar-refractivity contribution in [2.75, 3.05) is 12.4 Å². The summed E-state index contributed by atoms with van der Waals surface area (Å²) in [4.78, 5) is 12.4. The highest BCUT2D eigenvalue weighted by Crippen LogP contribution is 2.28. The Kier molecular flexibility index (Phi) is 4.45. The molecule has 0 fully saturated rings. The molecule has 0 aromatic heterocycles. The lowest BCUT2D eigenvalue weighted by atomic mass is 10.1. The third-order valence-corrected chi connectivity index (χ3v) is 3.42. The number of ether oxygens (including phenoxy) is 1. The first kappa shape index (κ1) is 14.6. The number of nitrogens with one attached hydrogen (secondary N) is 1. The van der Waals surface area contributed by atoms with Gasteiger partial charge >= 0.3 is 0 Å². The van der Waals surface area contributed by atoms with Gasteiger partial charge in [0.2, 0.25) is 0 Å². The van der Waals surface area contributed by atoms with Crippen molar-refractivity contribution in [3.8, 4) is 5.75 Å². The fourth-order valence-corrected chi connectivity index (χ4v) is 2.66. The summed E-state index contributed by atoms with van der Waals surface area (Å²) >= 11 is 3.41. The van der Waals surface area contributed by atoms with Gasteiger partial charge in [-0.05, 0) is 49.2 Å². The predicted molar refractivity (Wildman–Crippen MR) is 84.6 cm³/mol. The van der Waals surface area contributed by atoms with Crippen molar-refractivity contribution in [3.63, 3.8) is 0 Å². The number of hydrogen-bond donors (Lipinski definition) is 1. The Morgan fingerprint density at radius 3 is 2.60 bits per heavy atom. The van der Waals surface area contributed by atoms with E-state index in [9.17, 15) is 4.79 Å². The Labute approximate surface area is 127 Å². The van der Waals surface area contributed by atoms with Crippen molar-refractivity contribution in [1.82, 2.24) is 0 Å². The molecule has 1 N–H and O–H groups in total. The Bertz CT molecular complexity index is 653. The number of methoxy groups -OCH3 is 1. The number of benzene rings is 2. The number of carbonyl (C=O) groups is 1. The van der Waals surface area contributed by atoms with E-state index in [0.29, 0.717) is 11.3 Å². The van der Waals surface area contributed by atoms with E-state index in [4.69, 9.17) is 4.74 Å². The van der Waals surface area contributed by atoms with Gasteiger partial charge in [-0.2, -0.15) is 0 Å². The highest BCUT2D eigenvalue weighted by molar-refractivity contribution is 9.10. The van der Waals surface area contributed by atoms with Gasteiger partial charge in [-0.25, -0.2) is 0 Å². The number of aryl methyl sites for hydroxylation is 2. The van der Waals surface area contributed by atoms with E-state index in [1.54, 1.807) is 13.2 Å². The van der Waals surface area contributed by atoms with Crippen LogP contribution in [0.1, 0.15) is 21.5 Å². The van der Waals surface area contributed by atoms with Crippen LogP contribution in [0, 0.1) is 13.8 Å². The summed E-state index contributed by atoms with van der Waals surface area (Å²) in [5, 5.41) is 2.89. The van der Waals surface area contributed by atoms with Crippen LogP contribution < -0.4 is 10.1 Å². The van der Waals surface area contributed by atoms with Gasteiger partial charge in [-0.1, -0.05) is 28.1 Å². The normalized spacial score (nSPS) is 10.2. The van der Waals surface area contributed by atoms with Crippen LogP contribution in [0.3, 0.4) is 0 Å². The Morgan fingerprint density at radius 1 is 1.20 bits per heavy atom. The van der Waals surface area contributed by atoms with Crippen molar-refractivity contribution in [2.24, 2.45) is 0 Å². The molecule has 0 aliphatic rings. The highest BCUT2D eigenvalue weighted by atomic mass is 79.9. The molecule has 0 saturated carbocycles. The molecule has 2 aromatic rings. The van der Waals surface area contributed by atoms with Crippen LogP contribution in [0.5, 0.6) is 5.75 Å². The third-order valence-electron chi connectivity index (χ3n) is 2.96. The van der Waals surface area contributed by atoms with Crippen LogP contribution in [0.15, 0.2) is 40.9 Å². The fourth-order valence-electron chi connectivity index (χ4n) is 2.09. The van der Waals surface area contributed by atoms with E-state index < -0.39 is 0 Å². The summed E-state index contributed by atoms with van der Waals surface area (Å²) < 4.78 is 6.18. The lowest BCUT2D eigenvalue weighted by Gasteiger charge is -2.12. The second-order valence-corrected chi connectivity index (χ2v) is 5.54. The summed E-state index contributed by atoms with van der Waals surface area (Å²) in [6.45, 7) is 3.90. The Morgan fingerprint density at radius 2 is 1.95 bits per heavy atom. The molecule has 0 heterocycles. The molecule has 0 bridgehead atoms. The largest absolute Gasteiger partial charge is 0.496 e. The first-order valence-corrected chi connectivity index (χ1v) is 7.02. The number of halogens is 1. The lowest BCUT2D eigenvalue weighted by molar-refractivity contribution is 0.102. The predicted octanol–water partition coefficient (Wildman–Crippen LogP) is 4.33. The van der Waals surface area contributed by atoms with Crippen LogP contribution in [0.2, 0.25) is 0 Å². The van der Waals surface area contributed by atoms with E-state index in [1.807, 2.05) is 44.2 Å². The van der Waals surface area contributed by atoms with Gasteiger partial charge in [0, 0.05) is 10.2 Å². The summed E-state index contributed by atoms with van der Waals surface area (Å²) in [5.74, 6) is 0.412. The van der Waals surface area contributed by atoms with Gasteiger partial charge in [0.05, 0.1) is 12.7 Å². The molecule has 20 heavy (non-hydrogen) atoms. The maximum absolute atomic E-state index is 12.4. The molecular formula is C16H16BrNO2. The molecule has 2 rings (SSSR count). The molecular weight excluding hydrogens is 318 g/mol. The molecule has 0 unspecified atom stereocenters. The SMILES string of the molecule is COc1c(C)cc(Br)cc1C(=O)Nc1cccc(C)c1. The maximum Gasteiger partial charge on any atom is 0.259 e. The average molecular weight is 334 g/mol. The molecule has 3 nitrogen and oxygen atoms in total. The van der Waals surface area contributed by atoms with E-state index in [-0.39, 0.29) is 5.91 Å². The number of hydrogen-bond acceptors (Lipinski definition) is 2. The van der Waals surface area contributed by atoms with Crippen molar-refractivity contribution in [2.45, 2.75) is 13.8 Å². The molecule has 0 saturated heterocycles. The lowest BCUT2D eigenvalue weighted by Crippen LogP contribution is -2.14. The molecule has 4 heteroatoms. The van der Waals surface area contributed by atoms with E-state index in [2.05, 4.69) is 21.2 Å². The maximum atomic E-state index is 12.4. The number of anilines is 1. The zero-order chi connectivity index (χ0) is 14.7. The van der Waals surface area contributed by atoms with E-state index >= 15 is 0 Å². The first-order valence-electron chi connectivity index (χ1n) is 6.23. The summed E-state index contributed by atoms with van der Waals surface area (Å²) in [6, 6.07) is 11.4. The average Bonchev–Trinajstić information content (AvgIpc) is 2.37. The Balaban J connectivity index is 2.34. The van der Waals surface area contributed by atoms with E-state index in [0.717, 1.165) is 21.3 Å². The Hall–Kier alpha value is -1.81. The zero-order valence-corrected chi connectivity index (χ0v) is 13.2. The number of carbonyl (C=O) groups excluding carboxylic acids is 1. The smallest absolute Gasteiger partial charge is 0.259 e. The third kappa shape index (κ3) is 3.20. The topological polar surface area (TPSA) is 38.3 Å². The second kappa shape index (κ2) is 6.09. The van der Waals surface area contributed by atoms with E-state index in [1.165, 1.54) is 0 Å². The van der Waals surface area contributed by atoms with Crippen LogP contribution in [-0.2, 0) is 0 Å². The molecule has 1 amide bonds. The number of rotatable bonds is 3. The summed E-state index contributed by atoms with van der Waals surface area (Å²) in [7, 11) is 1.57. The van der Waals surface area contributed by atoms with Gasteiger partial charge in [0.15, 0.2) is 0 Å². The van der Waals surface area contributed by atoms with Gasteiger partial charge in [-0.15, -0.1) is 0 Å². The second-order valence-electron chi connectivity index (χ2n) is 4.63. The zero-order valence-electron chi connectivity index (χ0n) is 11.7. The highest BCUT2D eigenvalue weighted by Gasteiger charge is 2.15. The first-order chi connectivity index (χ1) is 9.51. The standard InChI is InChI=1S/C16H16BrNO2/c1-10-5-4-6-13(7-10)18-16(19)14-9-12(17)8-11(2)15(14)20-3/h4-9H,1-3H3,(H,18,19). The summed E-state index contributed by atoms with van der Waals surface area (Å²) in [6.07, 6.45) is 0. The van der Waals surface area contributed by atoms with Crippen molar-refractivity contribution in [1.29, 1.82) is 0 Å². The van der Waals surface area contributed by atoms with Crippen LogP contribution in [0.25, 0.3) is 0 Å². The van der Waals surface area contributed by atoms with Gasteiger partial charge in [-0.3, -0.25) is 4.79 Å². The van der Waals surface area contributed by atoms with Gasteiger partial charge in [0.25, 0.3) is 5.91 Å². The fraction of sp³-hybridized carbons (Fsp3) is 0.188. The molecule has 2 aromatic carbocycles. The molecule has 0 aliphatic carbocycles. The van der Waals surface area contributed by atoms with Gasteiger partial charge < -0.3 is 10.1 Å². The van der Waals surface area contributed by atoms with Gasteiger partial charge in [0.1, 0.15) is 5.75 Å². The molecule has 104 valence electrons. The number of amides is 1. The minimum absolute atomic E-state index is 0.183. The minimum atomic E-state index is -0.183. The molecule has 0 radical (unpaired) electrons. The monoisotopic (exact) mass is 333 g/mol. The molecule has 0 spiro atoms. The van der Waals surface area contributed by atoms with Crippen LogP contribution >= 0.6 is 15.9 Å². The quantitative estimate of drug-likeness (QED) is 0.907. The van der Waals surface area contributed by atoms with Crippen molar-refractivity contribution in [3.05, 3.63) is 57.6 Å². The minimum Gasteiger partial charge on any atom is -0.496 e. The molecule has 0 atom stereocenters. The summed E-state index contributed by atoms with van der Waals surface area (Å²) in [5.41, 5.74) is 3.30. The van der Waals surface area contributed by atoms with Crippen molar-refractivity contribution >= 4 is 27.5 Å². The van der Waals surface area contributed by atoms with Crippen LogP contribution in [0.4, 0.5) is 5.69 Å². The van der Waals surface area contributed by atoms with Crippen LogP contribution in [-0.4, -0.2) is 13.0 Å². The van der Waals surface area contributed by atoms with Crippen molar-refractivity contribution < 1.29 is 9.53 Å². The molecule has 0 aliphatic heterocycles.